The van der Waals surface area contributed by atoms with Crippen molar-refractivity contribution in [3.05, 3.63) is 46.3 Å². The van der Waals surface area contributed by atoms with E-state index >= 15 is 0 Å². The highest BCUT2D eigenvalue weighted by atomic mass is 16.6. The van der Waals surface area contributed by atoms with Gasteiger partial charge >= 0.3 is 5.69 Å². The minimum Gasteiger partial charge on any atom is -0.380 e. The quantitative estimate of drug-likeness (QED) is 0.614. The Kier molecular flexibility index (Phi) is 3.97. The smallest absolute Gasteiger partial charge is 0.315 e. The first kappa shape index (κ1) is 12.9. The number of benzene rings is 1. The SMILES string of the molecule is CCNc1cccc(NCc2ccon2)c1[N+](=O)[O-]. The van der Waals surface area contributed by atoms with Crippen LogP contribution >= 0.6 is 0 Å². The number of para-hydroxylation sites is 1. The number of hydrogen-bond acceptors (Lipinski definition) is 6. The summed E-state index contributed by atoms with van der Waals surface area (Å²) in [5, 5.41) is 20.9. The van der Waals surface area contributed by atoms with E-state index in [0.29, 0.717) is 30.2 Å². The minimum absolute atomic E-state index is 0.0350. The summed E-state index contributed by atoms with van der Waals surface area (Å²) in [5.74, 6) is 0. The van der Waals surface area contributed by atoms with Crippen LogP contribution in [0.2, 0.25) is 0 Å². The first-order chi connectivity index (χ1) is 9.22. The van der Waals surface area contributed by atoms with Crippen molar-refractivity contribution >= 4 is 17.1 Å². The number of anilines is 2. The average Bonchev–Trinajstić information content (AvgIpc) is 2.89. The molecule has 2 N–H and O–H groups in total. The molecule has 0 aliphatic rings. The van der Waals surface area contributed by atoms with E-state index in [9.17, 15) is 10.1 Å². The fraction of sp³-hybridized carbons (Fsp3) is 0.250. The van der Waals surface area contributed by atoms with Gasteiger partial charge in [-0.2, -0.15) is 0 Å². The Morgan fingerprint density at radius 2 is 2.05 bits per heavy atom. The van der Waals surface area contributed by atoms with Crippen LogP contribution in [0.1, 0.15) is 12.6 Å². The normalized spacial score (nSPS) is 10.2. The van der Waals surface area contributed by atoms with E-state index in [-0.39, 0.29) is 5.69 Å². The van der Waals surface area contributed by atoms with Crippen LogP contribution in [0.4, 0.5) is 17.1 Å². The molecule has 0 unspecified atom stereocenters. The fourth-order valence-corrected chi connectivity index (χ4v) is 1.73. The molecular weight excluding hydrogens is 248 g/mol. The number of nitrogens with zero attached hydrogens (tertiary/aromatic N) is 2. The molecule has 0 amide bonds. The molecule has 7 nitrogen and oxygen atoms in total. The summed E-state index contributed by atoms with van der Waals surface area (Å²) >= 11 is 0. The molecule has 100 valence electrons. The number of nitrogens with one attached hydrogen (secondary N) is 2. The van der Waals surface area contributed by atoms with Crippen molar-refractivity contribution < 1.29 is 9.45 Å². The van der Waals surface area contributed by atoms with E-state index in [4.69, 9.17) is 4.52 Å². The summed E-state index contributed by atoms with van der Waals surface area (Å²) in [6.45, 7) is 2.87. The molecule has 0 aliphatic heterocycles. The predicted octanol–water partition coefficient (Wildman–Crippen LogP) is 2.63. The molecule has 0 bridgehead atoms. The van der Waals surface area contributed by atoms with Gasteiger partial charge in [-0.05, 0) is 19.1 Å². The second-order valence-corrected chi connectivity index (χ2v) is 3.83. The molecule has 19 heavy (non-hydrogen) atoms. The molecule has 1 aromatic carbocycles. The third kappa shape index (κ3) is 3.01. The highest BCUT2D eigenvalue weighted by Gasteiger charge is 2.19. The van der Waals surface area contributed by atoms with Gasteiger partial charge in [-0.15, -0.1) is 0 Å². The Morgan fingerprint density at radius 3 is 2.63 bits per heavy atom. The van der Waals surface area contributed by atoms with E-state index in [1.165, 1.54) is 6.26 Å². The molecule has 2 rings (SSSR count). The van der Waals surface area contributed by atoms with E-state index in [0.717, 1.165) is 0 Å². The van der Waals surface area contributed by atoms with Gasteiger partial charge in [0.1, 0.15) is 23.3 Å². The Labute approximate surface area is 109 Å². The van der Waals surface area contributed by atoms with Gasteiger partial charge in [0.2, 0.25) is 0 Å². The van der Waals surface area contributed by atoms with Crippen LogP contribution in [0.15, 0.2) is 35.1 Å². The van der Waals surface area contributed by atoms with E-state index in [1.807, 2.05) is 6.92 Å². The molecular formula is C12H14N4O3. The summed E-state index contributed by atoms with van der Waals surface area (Å²) in [6.07, 6.45) is 1.46. The molecule has 0 radical (unpaired) electrons. The molecule has 2 aromatic rings. The number of nitro groups is 1. The van der Waals surface area contributed by atoms with Crippen molar-refractivity contribution in [2.75, 3.05) is 17.2 Å². The van der Waals surface area contributed by atoms with Crippen molar-refractivity contribution in [1.82, 2.24) is 5.16 Å². The van der Waals surface area contributed by atoms with E-state index in [1.54, 1.807) is 24.3 Å². The van der Waals surface area contributed by atoms with Gasteiger partial charge in [0.05, 0.1) is 11.5 Å². The molecule has 1 aromatic heterocycles. The zero-order chi connectivity index (χ0) is 13.7. The van der Waals surface area contributed by atoms with Gasteiger partial charge in [0, 0.05) is 12.6 Å². The second-order valence-electron chi connectivity index (χ2n) is 3.83. The van der Waals surface area contributed by atoms with Gasteiger partial charge in [-0.3, -0.25) is 10.1 Å². The Hall–Kier alpha value is -2.57. The Bertz CT molecular complexity index is 554. The fourth-order valence-electron chi connectivity index (χ4n) is 1.73. The number of nitro benzene ring substituents is 1. The van der Waals surface area contributed by atoms with Crippen LogP contribution in [-0.2, 0) is 6.54 Å². The number of aromatic nitrogens is 1. The lowest BCUT2D eigenvalue weighted by molar-refractivity contribution is -0.383. The zero-order valence-corrected chi connectivity index (χ0v) is 10.4. The monoisotopic (exact) mass is 262 g/mol. The number of rotatable bonds is 6. The molecule has 0 spiro atoms. The topological polar surface area (TPSA) is 93.2 Å². The van der Waals surface area contributed by atoms with Gasteiger partial charge in [0.15, 0.2) is 0 Å². The molecule has 7 heteroatoms. The molecule has 0 fully saturated rings. The summed E-state index contributed by atoms with van der Waals surface area (Å²) in [4.78, 5) is 10.8. The number of hydrogen-bond donors (Lipinski definition) is 2. The van der Waals surface area contributed by atoms with Crippen molar-refractivity contribution in [3.63, 3.8) is 0 Å². The maximum absolute atomic E-state index is 11.2. The lowest BCUT2D eigenvalue weighted by atomic mass is 10.2. The van der Waals surface area contributed by atoms with Crippen molar-refractivity contribution in [2.45, 2.75) is 13.5 Å². The van der Waals surface area contributed by atoms with E-state index < -0.39 is 4.92 Å². The van der Waals surface area contributed by atoms with E-state index in [2.05, 4.69) is 15.8 Å². The molecule has 0 aliphatic carbocycles. The second kappa shape index (κ2) is 5.85. The zero-order valence-electron chi connectivity index (χ0n) is 10.4. The maximum Gasteiger partial charge on any atom is 0.315 e. The molecule has 0 saturated carbocycles. The van der Waals surface area contributed by atoms with Crippen LogP contribution in [0.3, 0.4) is 0 Å². The van der Waals surface area contributed by atoms with Gasteiger partial charge in [-0.1, -0.05) is 11.2 Å². The largest absolute Gasteiger partial charge is 0.380 e. The van der Waals surface area contributed by atoms with Crippen LogP contribution < -0.4 is 10.6 Å². The first-order valence-corrected chi connectivity index (χ1v) is 5.86. The van der Waals surface area contributed by atoms with Gasteiger partial charge in [0.25, 0.3) is 0 Å². The summed E-state index contributed by atoms with van der Waals surface area (Å²) in [7, 11) is 0. The Morgan fingerprint density at radius 1 is 1.32 bits per heavy atom. The van der Waals surface area contributed by atoms with Crippen molar-refractivity contribution in [3.8, 4) is 0 Å². The first-order valence-electron chi connectivity index (χ1n) is 5.86. The van der Waals surface area contributed by atoms with Crippen molar-refractivity contribution in [2.24, 2.45) is 0 Å². The lowest BCUT2D eigenvalue weighted by Crippen LogP contribution is -2.06. The Balaban J connectivity index is 2.23. The van der Waals surface area contributed by atoms with Crippen LogP contribution in [0.5, 0.6) is 0 Å². The summed E-state index contributed by atoms with van der Waals surface area (Å²) < 4.78 is 4.71. The maximum atomic E-state index is 11.2. The highest BCUT2D eigenvalue weighted by molar-refractivity contribution is 5.76. The third-order valence-electron chi connectivity index (χ3n) is 2.54. The summed E-state index contributed by atoms with van der Waals surface area (Å²) in [6, 6.07) is 6.81. The standard InChI is InChI=1S/C12H14N4O3/c1-2-13-10-4-3-5-11(12(10)16(17)18)14-8-9-6-7-19-15-9/h3-7,13-14H,2,8H2,1H3. The molecule has 0 saturated heterocycles. The minimum atomic E-state index is -0.400. The average molecular weight is 262 g/mol. The van der Waals surface area contributed by atoms with Crippen LogP contribution in [0, 0.1) is 10.1 Å². The van der Waals surface area contributed by atoms with Gasteiger partial charge in [-0.25, -0.2) is 0 Å². The third-order valence-corrected chi connectivity index (χ3v) is 2.54. The van der Waals surface area contributed by atoms with Crippen molar-refractivity contribution in [1.29, 1.82) is 0 Å². The van der Waals surface area contributed by atoms with Crippen LogP contribution in [0.25, 0.3) is 0 Å². The van der Waals surface area contributed by atoms with Crippen LogP contribution in [-0.4, -0.2) is 16.6 Å². The molecule has 1 heterocycles. The molecule has 0 atom stereocenters. The predicted molar refractivity (Wildman–Crippen MR) is 71.1 cm³/mol. The lowest BCUT2D eigenvalue weighted by Gasteiger charge is -2.09. The van der Waals surface area contributed by atoms with Gasteiger partial charge < -0.3 is 15.2 Å². The summed E-state index contributed by atoms with van der Waals surface area (Å²) in [5.41, 5.74) is 1.67. The highest BCUT2D eigenvalue weighted by Crippen LogP contribution is 2.32.